The fraction of sp³-hybridized carbons (Fsp3) is 0.200. The molecular weight excluding hydrogens is 267 g/mol. The van der Waals surface area contributed by atoms with E-state index in [2.05, 4.69) is 6.07 Å². The molecule has 2 aromatic carbocycles. The van der Waals surface area contributed by atoms with Crippen LogP contribution in [0.25, 0.3) is 0 Å². The molecule has 0 bridgehead atoms. The molecule has 92 valence electrons. The summed E-state index contributed by atoms with van der Waals surface area (Å²) in [4.78, 5) is 0. The van der Waals surface area contributed by atoms with Gasteiger partial charge in [-0.2, -0.15) is 0 Å². The van der Waals surface area contributed by atoms with Gasteiger partial charge >= 0.3 is 0 Å². The van der Waals surface area contributed by atoms with Crippen LogP contribution in [0, 0.1) is 0 Å². The largest absolute Gasteiger partial charge is 0.388 e. The molecule has 0 aromatic heterocycles. The highest BCUT2D eigenvalue weighted by atomic mass is 35.5. The van der Waals surface area contributed by atoms with Crippen LogP contribution in [0.15, 0.2) is 42.5 Å². The molecule has 0 saturated heterocycles. The van der Waals surface area contributed by atoms with Gasteiger partial charge in [-0.1, -0.05) is 53.5 Å². The van der Waals surface area contributed by atoms with Gasteiger partial charge in [-0.25, -0.2) is 0 Å². The Kier molecular flexibility index (Phi) is 3.06. The summed E-state index contributed by atoms with van der Waals surface area (Å²) in [6.45, 7) is 0. The van der Waals surface area contributed by atoms with Gasteiger partial charge in [0.05, 0.1) is 16.1 Å². The maximum absolute atomic E-state index is 10.1. The zero-order valence-corrected chi connectivity index (χ0v) is 11.1. The molecule has 1 aliphatic rings. The standard InChI is InChI=1S/C15H12Cl2O/c16-13-6-5-9(7-14(13)17)12-8-15(18)11-4-2-1-3-10(11)12/h1-7,12,15,18H,8H2. The maximum Gasteiger partial charge on any atom is 0.0802 e. The first-order valence-electron chi connectivity index (χ1n) is 5.88. The predicted molar refractivity (Wildman–Crippen MR) is 74.3 cm³/mol. The van der Waals surface area contributed by atoms with Crippen molar-refractivity contribution < 1.29 is 5.11 Å². The monoisotopic (exact) mass is 278 g/mol. The van der Waals surface area contributed by atoms with Crippen LogP contribution in [0.1, 0.15) is 35.1 Å². The Morgan fingerprint density at radius 2 is 1.67 bits per heavy atom. The van der Waals surface area contributed by atoms with Gasteiger partial charge in [-0.3, -0.25) is 0 Å². The summed E-state index contributed by atoms with van der Waals surface area (Å²) < 4.78 is 0. The summed E-state index contributed by atoms with van der Waals surface area (Å²) in [7, 11) is 0. The lowest BCUT2D eigenvalue weighted by atomic mass is 9.93. The van der Waals surface area contributed by atoms with E-state index >= 15 is 0 Å². The van der Waals surface area contributed by atoms with Crippen molar-refractivity contribution >= 4 is 23.2 Å². The van der Waals surface area contributed by atoms with E-state index in [1.165, 1.54) is 5.56 Å². The van der Waals surface area contributed by atoms with Crippen LogP contribution in [0.5, 0.6) is 0 Å². The molecule has 1 aliphatic carbocycles. The molecule has 0 amide bonds. The minimum atomic E-state index is -0.388. The summed E-state index contributed by atoms with van der Waals surface area (Å²) in [5.74, 6) is 0.200. The van der Waals surface area contributed by atoms with Crippen LogP contribution in [-0.4, -0.2) is 5.11 Å². The fourth-order valence-corrected chi connectivity index (χ4v) is 2.96. The second-order valence-electron chi connectivity index (χ2n) is 4.61. The molecule has 3 rings (SSSR count). The topological polar surface area (TPSA) is 20.2 Å². The highest BCUT2D eigenvalue weighted by Gasteiger charge is 2.30. The smallest absolute Gasteiger partial charge is 0.0802 e. The van der Waals surface area contributed by atoms with Crippen molar-refractivity contribution in [2.45, 2.75) is 18.4 Å². The molecule has 0 fully saturated rings. The second kappa shape index (κ2) is 4.58. The molecule has 0 heterocycles. The van der Waals surface area contributed by atoms with Crippen LogP contribution in [-0.2, 0) is 0 Å². The Morgan fingerprint density at radius 1 is 0.944 bits per heavy atom. The molecule has 0 saturated carbocycles. The molecule has 2 atom stereocenters. The Balaban J connectivity index is 2.06. The SMILES string of the molecule is OC1CC(c2ccc(Cl)c(Cl)c2)c2ccccc21. The number of benzene rings is 2. The molecule has 3 heteroatoms. The summed E-state index contributed by atoms with van der Waals surface area (Å²) >= 11 is 12.0. The van der Waals surface area contributed by atoms with E-state index in [9.17, 15) is 5.11 Å². The number of aliphatic hydroxyl groups excluding tert-OH is 1. The van der Waals surface area contributed by atoms with Gasteiger partial charge in [0, 0.05) is 5.92 Å². The van der Waals surface area contributed by atoms with Crippen molar-refractivity contribution in [1.82, 2.24) is 0 Å². The molecule has 0 radical (unpaired) electrons. The van der Waals surface area contributed by atoms with Gasteiger partial charge < -0.3 is 5.11 Å². The first-order valence-corrected chi connectivity index (χ1v) is 6.64. The third-order valence-electron chi connectivity index (χ3n) is 3.54. The van der Waals surface area contributed by atoms with Crippen LogP contribution < -0.4 is 0 Å². The molecule has 2 aromatic rings. The summed E-state index contributed by atoms with van der Waals surface area (Å²) in [6.07, 6.45) is 0.317. The average Bonchev–Trinajstić information content (AvgIpc) is 2.71. The summed E-state index contributed by atoms with van der Waals surface area (Å²) in [5.41, 5.74) is 3.31. The minimum absolute atomic E-state index is 0.200. The Labute approximate surface area is 116 Å². The van der Waals surface area contributed by atoms with E-state index in [1.54, 1.807) is 0 Å². The molecule has 0 aliphatic heterocycles. The van der Waals surface area contributed by atoms with Crippen LogP contribution in [0.2, 0.25) is 10.0 Å². The first-order chi connectivity index (χ1) is 8.66. The number of hydrogen-bond acceptors (Lipinski definition) is 1. The molecule has 0 spiro atoms. The fourth-order valence-electron chi connectivity index (χ4n) is 2.65. The van der Waals surface area contributed by atoms with Crippen molar-refractivity contribution in [3.63, 3.8) is 0 Å². The zero-order valence-electron chi connectivity index (χ0n) is 9.61. The number of aliphatic hydroxyl groups is 1. The molecule has 1 nitrogen and oxygen atoms in total. The quantitative estimate of drug-likeness (QED) is 0.811. The van der Waals surface area contributed by atoms with Crippen LogP contribution in [0.3, 0.4) is 0 Å². The van der Waals surface area contributed by atoms with Gasteiger partial charge in [-0.15, -0.1) is 0 Å². The lowest BCUT2D eigenvalue weighted by Gasteiger charge is -2.12. The highest BCUT2D eigenvalue weighted by Crippen LogP contribution is 2.44. The zero-order chi connectivity index (χ0) is 12.7. The van der Waals surface area contributed by atoms with Gasteiger partial charge in [0.15, 0.2) is 0 Å². The van der Waals surface area contributed by atoms with E-state index in [-0.39, 0.29) is 12.0 Å². The lowest BCUT2D eigenvalue weighted by Crippen LogP contribution is -1.96. The van der Waals surface area contributed by atoms with E-state index < -0.39 is 0 Å². The maximum atomic E-state index is 10.1. The van der Waals surface area contributed by atoms with E-state index in [0.717, 1.165) is 11.1 Å². The highest BCUT2D eigenvalue weighted by molar-refractivity contribution is 6.42. The first kappa shape index (κ1) is 12.0. The lowest BCUT2D eigenvalue weighted by molar-refractivity contribution is 0.176. The molecule has 18 heavy (non-hydrogen) atoms. The third kappa shape index (κ3) is 1.93. The Morgan fingerprint density at radius 3 is 2.39 bits per heavy atom. The molecular formula is C15H12Cl2O. The Bertz CT molecular complexity index is 595. The van der Waals surface area contributed by atoms with Crippen LogP contribution >= 0.6 is 23.2 Å². The van der Waals surface area contributed by atoms with Crippen molar-refractivity contribution in [3.05, 3.63) is 69.2 Å². The van der Waals surface area contributed by atoms with Crippen molar-refractivity contribution in [2.24, 2.45) is 0 Å². The third-order valence-corrected chi connectivity index (χ3v) is 4.27. The number of fused-ring (bicyclic) bond motifs is 1. The molecule has 1 N–H and O–H groups in total. The van der Waals surface area contributed by atoms with E-state index in [0.29, 0.717) is 16.5 Å². The van der Waals surface area contributed by atoms with Crippen molar-refractivity contribution in [2.75, 3.05) is 0 Å². The van der Waals surface area contributed by atoms with Gasteiger partial charge in [0.2, 0.25) is 0 Å². The number of halogens is 2. The van der Waals surface area contributed by atoms with Crippen LogP contribution in [0.4, 0.5) is 0 Å². The average molecular weight is 279 g/mol. The molecule has 2 unspecified atom stereocenters. The van der Waals surface area contributed by atoms with Gasteiger partial charge in [0.25, 0.3) is 0 Å². The summed E-state index contributed by atoms with van der Waals surface area (Å²) in [5, 5.41) is 11.2. The normalized spacial score (nSPS) is 21.9. The predicted octanol–water partition coefficient (Wildman–Crippen LogP) is 4.56. The van der Waals surface area contributed by atoms with Crippen molar-refractivity contribution in [3.8, 4) is 0 Å². The van der Waals surface area contributed by atoms with E-state index in [4.69, 9.17) is 23.2 Å². The van der Waals surface area contributed by atoms with E-state index in [1.807, 2.05) is 36.4 Å². The van der Waals surface area contributed by atoms with Gasteiger partial charge in [0.1, 0.15) is 0 Å². The minimum Gasteiger partial charge on any atom is -0.388 e. The summed E-state index contributed by atoms with van der Waals surface area (Å²) in [6, 6.07) is 13.7. The number of hydrogen-bond donors (Lipinski definition) is 1. The van der Waals surface area contributed by atoms with Gasteiger partial charge in [-0.05, 0) is 35.2 Å². The van der Waals surface area contributed by atoms with Crippen molar-refractivity contribution in [1.29, 1.82) is 0 Å². The second-order valence-corrected chi connectivity index (χ2v) is 5.42. The Hall–Kier alpha value is -1.02. The number of rotatable bonds is 1.